The fraction of sp³-hybridized carbons (Fsp3) is 0.538. The minimum absolute atomic E-state index is 0.212. The Morgan fingerprint density at radius 1 is 1.37 bits per heavy atom. The predicted octanol–water partition coefficient (Wildman–Crippen LogP) is 2.57. The van der Waals surface area contributed by atoms with Gasteiger partial charge in [0.1, 0.15) is 16.5 Å². The lowest BCUT2D eigenvalue weighted by Crippen LogP contribution is -2.35. The maximum Gasteiger partial charge on any atom is 0.184 e. The van der Waals surface area contributed by atoms with E-state index in [0.29, 0.717) is 19.0 Å². The molecule has 1 aliphatic rings. The number of fused-ring (bicyclic) bond motifs is 1. The van der Waals surface area contributed by atoms with Gasteiger partial charge < -0.3 is 5.32 Å². The highest BCUT2D eigenvalue weighted by Gasteiger charge is 2.38. The molecule has 2 unspecified atom stereocenters. The second-order valence-corrected chi connectivity index (χ2v) is 7.21. The lowest BCUT2D eigenvalue weighted by atomic mass is 10.0. The molecule has 2 atom stereocenters. The van der Waals surface area contributed by atoms with E-state index in [9.17, 15) is 17.2 Å². The van der Waals surface area contributed by atoms with Crippen LogP contribution in [0, 0.1) is 11.6 Å². The van der Waals surface area contributed by atoms with Gasteiger partial charge in [-0.2, -0.15) is 0 Å². The van der Waals surface area contributed by atoms with E-state index in [1.807, 2.05) is 6.92 Å². The van der Waals surface area contributed by atoms with Gasteiger partial charge in [0.05, 0.1) is 5.25 Å². The van der Waals surface area contributed by atoms with Crippen LogP contribution in [0.1, 0.15) is 38.3 Å². The summed E-state index contributed by atoms with van der Waals surface area (Å²) in [6.07, 6.45) is 1.20. The molecule has 1 heterocycles. The molecule has 0 saturated carbocycles. The van der Waals surface area contributed by atoms with Crippen molar-refractivity contribution in [2.24, 2.45) is 0 Å². The molecule has 0 aliphatic carbocycles. The fourth-order valence-electron chi connectivity index (χ4n) is 2.44. The molecule has 0 saturated heterocycles. The van der Waals surface area contributed by atoms with Crippen LogP contribution in [0.3, 0.4) is 0 Å². The van der Waals surface area contributed by atoms with E-state index >= 15 is 0 Å². The Labute approximate surface area is 111 Å². The number of hydrogen-bond donors (Lipinski definition) is 1. The first-order valence-corrected chi connectivity index (χ1v) is 7.88. The number of halogens is 2. The third kappa shape index (κ3) is 2.51. The molecule has 19 heavy (non-hydrogen) atoms. The molecule has 6 heteroatoms. The van der Waals surface area contributed by atoms with Crippen LogP contribution in [0.4, 0.5) is 8.78 Å². The van der Waals surface area contributed by atoms with Crippen molar-refractivity contribution in [3.05, 3.63) is 29.3 Å². The normalized spacial score (nSPS) is 25.1. The van der Waals surface area contributed by atoms with E-state index < -0.39 is 26.7 Å². The molecule has 1 N–H and O–H groups in total. The third-order valence-electron chi connectivity index (χ3n) is 3.44. The summed E-state index contributed by atoms with van der Waals surface area (Å²) in [5.41, 5.74) is 0.212. The van der Waals surface area contributed by atoms with Gasteiger partial charge in [-0.25, -0.2) is 17.2 Å². The first kappa shape index (κ1) is 14.4. The quantitative estimate of drug-likeness (QED) is 0.870. The topological polar surface area (TPSA) is 46.2 Å². The van der Waals surface area contributed by atoms with Crippen LogP contribution in [-0.4, -0.2) is 20.2 Å². The van der Waals surface area contributed by atoms with Crippen molar-refractivity contribution in [2.45, 2.75) is 42.9 Å². The molecule has 1 aromatic carbocycles. The van der Waals surface area contributed by atoms with Crippen molar-refractivity contribution in [2.75, 3.05) is 6.54 Å². The highest BCUT2D eigenvalue weighted by Crippen LogP contribution is 2.38. The summed E-state index contributed by atoms with van der Waals surface area (Å²) in [5.74, 6) is -1.74. The predicted molar refractivity (Wildman–Crippen MR) is 68.7 cm³/mol. The minimum Gasteiger partial charge on any atom is -0.310 e. The third-order valence-corrected chi connectivity index (χ3v) is 5.69. The first-order chi connectivity index (χ1) is 8.87. The molecule has 0 radical (unpaired) electrons. The average Bonchev–Trinajstić information content (AvgIpc) is 2.31. The highest BCUT2D eigenvalue weighted by atomic mass is 32.2. The Hall–Kier alpha value is -1.01. The number of hydrogen-bond acceptors (Lipinski definition) is 3. The Balaban J connectivity index is 2.58. The number of rotatable bonds is 3. The molecule has 0 spiro atoms. The van der Waals surface area contributed by atoms with Crippen LogP contribution in [0.15, 0.2) is 17.0 Å². The van der Waals surface area contributed by atoms with Gasteiger partial charge >= 0.3 is 0 Å². The molecular weight excluding hydrogens is 272 g/mol. The molecule has 0 aromatic heterocycles. The Bertz CT molecular complexity index is 587. The van der Waals surface area contributed by atoms with Crippen molar-refractivity contribution < 1.29 is 17.2 Å². The lowest BCUT2D eigenvalue weighted by Gasteiger charge is -2.30. The first-order valence-electron chi connectivity index (χ1n) is 6.34. The molecule has 3 nitrogen and oxygen atoms in total. The van der Waals surface area contributed by atoms with E-state index in [1.54, 1.807) is 6.92 Å². The van der Waals surface area contributed by atoms with Crippen LogP contribution < -0.4 is 5.32 Å². The standard InChI is InChI=1S/C13H17F2NO2S/c1-3-4-16-12-5-8(2)19(17,18)13-10(12)6-9(14)7-11(13)15/h6-8,12,16H,3-5H2,1-2H3. The maximum atomic E-state index is 13.8. The zero-order valence-corrected chi connectivity index (χ0v) is 11.7. The molecular formula is C13H17F2NO2S. The molecule has 0 bridgehead atoms. The van der Waals surface area contributed by atoms with Crippen molar-refractivity contribution in [1.82, 2.24) is 5.32 Å². The van der Waals surface area contributed by atoms with Gasteiger partial charge in [-0.3, -0.25) is 0 Å². The summed E-state index contributed by atoms with van der Waals surface area (Å²) < 4.78 is 51.5. The van der Waals surface area contributed by atoms with Gasteiger partial charge in [-0.05, 0) is 37.9 Å². The van der Waals surface area contributed by atoms with Crippen molar-refractivity contribution in [3.8, 4) is 0 Å². The summed E-state index contributed by atoms with van der Waals surface area (Å²) >= 11 is 0. The number of nitrogens with one attached hydrogen (secondary N) is 1. The Morgan fingerprint density at radius 2 is 2.05 bits per heavy atom. The summed E-state index contributed by atoms with van der Waals surface area (Å²) in [5, 5.41) is 2.48. The largest absolute Gasteiger partial charge is 0.310 e. The monoisotopic (exact) mass is 289 g/mol. The molecule has 2 rings (SSSR count). The zero-order chi connectivity index (χ0) is 14.2. The van der Waals surface area contributed by atoms with Crippen LogP contribution in [0.25, 0.3) is 0 Å². The van der Waals surface area contributed by atoms with Crippen LogP contribution in [0.2, 0.25) is 0 Å². The van der Waals surface area contributed by atoms with E-state index in [-0.39, 0.29) is 16.5 Å². The summed E-state index contributed by atoms with van der Waals surface area (Å²) in [6.45, 7) is 4.21. The fourth-order valence-corrected chi connectivity index (χ4v) is 4.15. The Morgan fingerprint density at radius 3 is 2.68 bits per heavy atom. The summed E-state index contributed by atoms with van der Waals surface area (Å²) in [6, 6.07) is 1.43. The van der Waals surface area contributed by atoms with Crippen molar-refractivity contribution in [3.63, 3.8) is 0 Å². The second kappa shape index (κ2) is 5.17. The second-order valence-electron chi connectivity index (χ2n) is 4.90. The molecule has 1 aliphatic heterocycles. The minimum atomic E-state index is -3.71. The average molecular weight is 289 g/mol. The van der Waals surface area contributed by atoms with Crippen molar-refractivity contribution >= 4 is 9.84 Å². The molecule has 106 valence electrons. The van der Waals surface area contributed by atoms with Gasteiger partial charge in [0, 0.05) is 12.1 Å². The van der Waals surface area contributed by atoms with Gasteiger partial charge in [-0.15, -0.1) is 0 Å². The van der Waals surface area contributed by atoms with Gasteiger partial charge in [0.15, 0.2) is 9.84 Å². The van der Waals surface area contributed by atoms with Gasteiger partial charge in [-0.1, -0.05) is 6.92 Å². The summed E-state index contributed by atoms with van der Waals surface area (Å²) in [7, 11) is -3.71. The van der Waals surface area contributed by atoms with E-state index in [1.165, 1.54) is 0 Å². The van der Waals surface area contributed by atoms with Crippen LogP contribution >= 0.6 is 0 Å². The molecule has 0 fully saturated rings. The van der Waals surface area contributed by atoms with Gasteiger partial charge in [0.2, 0.25) is 0 Å². The zero-order valence-electron chi connectivity index (χ0n) is 10.9. The number of sulfone groups is 1. The molecule has 0 amide bonds. The lowest BCUT2D eigenvalue weighted by molar-refractivity contribution is 0.445. The van der Waals surface area contributed by atoms with E-state index in [4.69, 9.17) is 0 Å². The smallest absolute Gasteiger partial charge is 0.184 e. The molecule has 1 aromatic rings. The van der Waals surface area contributed by atoms with Crippen molar-refractivity contribution in [1.29, 1.82) is 0 Å². The van der Waals surface area contributed by atoms with Crippen LogP contribution in [-0.2, 0) is 9.84 Å². The number of benzene rings is 1. The summed E-state index contributed by atoms with van der Waals surface area (Å²) in [4.78, 5) is -0.346. The van der Waals surface area contributed by atoms with Gasteiger partial charge in [0.25, 0.3) is 0 Å². The highest BCUT2D eigenvalue weighted by molar-refractivity contribution is 7.92. The van der Waals surface area contributed by atoms with E-state index in [2.05, 4.69) is 5.32 Å². The van der Waals surface area contributed by atoms with E-state index in [0.717, 1.165) is 12.5 Å². The SMILES string of the molecule is CCCNC1CC(C)S(=O)(=O)c2c(F)cc(F)cc21. The Kier molecular flexibility index (Phi) is 3.92. The van der Waals surface area contributed by atoms with Crippen LogP contribution in [0.5, 0.6) is 0 Å². The maximum absolute atomic E-state index is 13.8.